The summed E-state index contributed by atoms with van der Waals surface area (Å²) in [4.78, 5) is 16.0. The molecule has 0 spiro atoms. The van der Waals surface area contributed by atoms with Gasteiger partial charge < -0.3 is 0 Å². The lowest BCUT2D eigenvalue weighted by Gasteiger charge is -2.36. The summed E-state index contributed by atoms with van der Waals surface area (Å²) in [6.45, 7) is 8.83. The van der Waals surface area contributed by atoms with E-state index in [4.69, 9.17) is 15.0 Å². The van der Waals surface area contributed by atoms with E-state index in [1.165, 1.54) is 51.8 Å². The molecule has 8 aromatic carbocycles. The van der Waals surface area contributed by atoms with Crippen LogP contribution in [0.1, 0.15) is 60.1 Å². The molecule has 0 N–H and O–H groups in total. The molecule has 10 rings (SSSR count). The highest BCUT2D eigenvalue weighted by Gasteiger charge is 2.48. The Morgan fingerprint density at radius 1 is 0.328 bits per heavy atom. The number of hydrogen-bond acceptors (Lipinski definition) is 3. The zero-order valence-electron chi connectivity index (χ0n) is 35.3. The fraction of sp³-hybridized carbons (Fsp3) is 0.121. The van der Waals surface area contributed by atoms with Crippen LogP contribution in [-0.4, -0.2) is 15.0 Å². The van der Waals surface area contributed by atoms with E-state index in [9.17, 15) is 0 Å². The lowest BCUT2D eigenvalue weighted by atomic mass is 9.65. The fourth-order valence-corrected chi connectivity index (χ4v) is 8.92. The number of nitrogens with zero attached hydrogens (tertiary/aromatic N) is 3. The van der Waals surface area contributed by atoms with Crippen molar-refractivity contribution in [3.8, 4) is 67.5 Å². The predicted molar refractivity (Wildman–Crippen MR) is 254 cm³/mol. The highest BCUT2D eigenvalue weighted by molar-refractivity contribution is 5.95. The van der Waals surface area contributed by atoms with Crippen molar-refractivity contribution in [1.29, 1.82) is 0 Å². The molecule has 0 radical (unpaired) electrons. The maximum Gasteiger partial charge on any atom is 0.164 e. The van der Waals surface area contributed by atoms with E-state index in [-0.39, 0.29) is 0 Å². The van der Waals surface area contributed by atoms with Crippen LogP contribution in [0.2, 0.25) is 0 Å². The standard InChI is InChI=1S/C54H39N3.C4H10/c1-36-19-12-15-29-46(36)54(47-30-16-13-20-37(47)2)48-31-17-14-27-44(48)50-45(28-18-32-49(50)54)53-56-51(40-25-10-5-11-26-40)55-52(57-53)43-34-41(38-21-6-3-7-22-38)33-42(35-43)39-23-8-4-9-24-39;1-3-4-2/h3-35H,1-2H3;3-4H2,1-2H3. The molecule has 296 valence electrons. The molecule has 0 saturated carbocycles. The molecule has 0 unspecified atom stereocenters. The molecule has 3 heteroatoms. The molecule has 1 aromatic heterocycles. The highest BCUT2D eigenvalue weighted by atomic mass is 15.0. The highest BCUT2D eigenvalue weighted by Crippen LogP contribution is 2.59. The first-order valence-corrected chi connectivity index (χ1v) is 21.4. The Kier molecular flexibility index (Phi) is 11.0. The van der Waals surface area contributed by atoms with Crippen molar-refractivity contribution in [2.45, 2.75) is 46.0 Å². The van der Waals surface area contributed by atoms with Crippen LogP contribution in [-0.2, 0) is 5.41 Å². The second-order valence-corrected chi connectivity index (χ2v) is 15.9. The second-order valence-electron chi connectivity index (χ2n) is 15.9. The van der Waals surface area contributed by atoms with Gasteiger partial charge >= 0.3 is 0 Å². The largest absolute Gasteiger partial charge is 0.208 e. The van der Waals surface area contributed by atoms with Gasteiger partial charge in [-0.15, -0.1) is 0 Å². The maximum absolute atomic E-state index is 5.43. The Morgan fingerprint density at radius 2 is 0.721 bits per heavy atom. The van der Waals surface area contributed by atoms with Gasteiger partial charge in [0.05, 0.1) is 5.41 Å². The smallest absolute Gasteiger partial charge is 0.164 e. The number of unbranched alkanes of at least 4 members (excludes halogenated alkanes) is 1. The monoisotopic (exact) mass is 787 g/mol. The third-order valence-corrected chi connectivity index (χ3v) is 12.0. The SMILES string of the molecule is CCCC.Cc1ccccc1C1(c2ccccc2C)c2ccccc2-c2c(-c3nc(-c4ccccc4)nc(-c4cc(-c5ccccc5)cc(-c5ccccc5)c4)n3)cccc21. The van der Waals surface area contributed by atoms with Crippen LogP contribution in [0.4, 0.5) is 0 Å². The van der Waals surface area contributed by atoms with Crippen LogP contribution in [0.3, 0.4) is 0 Å². The summed E-state index contributed by atoms with van der Waals surface area (Å²) in [6, 6.07) is 71.3. The molecule has 1 aliphatic rings. The van der Waals surface area contributed by atoms with Gasteiger partial charge in [-0.05, 0) is 98.8 Å². The van der Waals surface area contributed by atoms with Crippen molar-refractivity contribution < 1.29 is 0 Å². The van der Waals surface area contributed by atoms with Gasteiger partial charge in [0.1, 0.15) is 0 Å². The van der Waals surface area contributed by atoms with Gasteiger partial charge in [-0.25, -0.2) is 15.0 Å². The first kappa shape index (κ1) is 39.2. The van der Waals surface area contributed by atoms with Crippen molar-refractivity contribution in [3.05, 3.63) is 234 Å². The molecule has 1 aliphatic carbocycles. The minimum Gasteiger partial charge on any atom is -0.208 e. The Bertz CT molecular complexity index is 2850. The second kappa shape index (κ2) is 17.2. The Morgan fingerprint density at radius 3 is 1.25 bits per heavy atom. The van der Waals surface area contributed by atoms with Crippen LogP contribution < -0.4 is 0 Å². The number of hydrogen-bond donors (Lipinski definition) is 0. The number of fused-ring (bicyclic) bond motifs is 3. The normalized spacial score (nSPS) is 12.2. The van der Waals surface area contributed by atoms with Gasteiger partial charge in [-0.1, -0.05) is 209 Å². The summed E-state index contributed by atoms with van der Waals surface area (Å²) in [5.41, 5.74) is 16.6. The molecule has 0 atom stereocenters. The molecule has 0 bridgehead atoms. The molecule has 61 heavy (non-hydrogen) atoms. The Labute approximate surface area is 360 Å². The van der Waals surface area contributed by atoms with Gasteiger partial charge in [-0.2, -0.15) is 0 Å². The lowest BCUT2D eigenvalue weighted by Crippen LogP contribution is -2.30. The summed E-state index contributed by atoms with van der Waals surface area (Å²) >= 11 is 0. The van der Waals surface area contributed by atoms with E-state index in [1.807, 2.05) is 18.2 Å². The molecule has 0 saturated heterocycles. The summed E-state index contributed by atoms with van der Waals surface area (Å²) in [7, 11) is 0. The third-order valence-electron chi connectivity index (χ3n) is 12.0. The number of rotatable bonds is 8. The van der Waals surface area contributed by atoms with Crippen LogP contribution in [0.25, 0.3) is 67.5 Å². The third kappa shape index (κ3) is 7.27. The average Bonchev–Trinajstić information content (AvgIpc) is 3.63. The topological polar surface area (TPSA) is 38.7 Å². The molecular formula is C58H49N3. The van der Waals surface area contributed by atoms with Crippen molar-refractivity contribution in [1.82, 2.24) is 15.0 Å². The summed E-state index contributed by atoms with van der Waals surface area (Å²) in [6.07, 6.45) is 2.64. The Balaban J connectivity index is 0.00000114. The minimum absolute atomic E-state index is 0.550. The summed E-state index contributed by atoms with van der Waals surface area (Å²) in [5.74, 6) is 1.90. The molecule has 1 heterocycles. The van der Waals surface area contributed by atoms with Crippen LogP contribution in [0.5, 0.6) is 0 Å². The zero-order chi connectivity index (χ0) is 41.8. The molecule has 0 aliphatic heterocycles. The van der Waals surface area contributed by atoms with Gasteiger partial charge in [0.25, 0.3) is 0 Å². The molecule has 0 fully saturated rings. The number of benzene rings is 8. The molecule has 0 amide bonds. The van der Waals surface area contributed by atoms with E-state index in [0.717, 1.165) is 44.5 Å². The summed E-state index contributed by atoms with van der Waals surface area (Å²) in [5, 5.41) is 0. The van der Waals surface area contributed by atoms with Crippen molar-refractivity contribution >= 4 is 0 Å². The minimum atomic E-state index is -0.550. The predicted octanol–water partition coefficient (Wildman–Crippen LogP) is 15.0. The first-order valence-electron chi connectivity index (χ1n) is 21.4. The lowest BCUT2D eigenvalue weighted by molar-refractivity contribution is 0.754. The van der Waals surface area contributed by atoms with Gasteiger partial charge in [0.15, 0.2) is 17.5 Å². The molecule has 9 aromatic rings. The maximum atomic E-state index is 5.43. The quantitative estimate of drug-likeness (QED) is 0.154. The van der Waals surface area contributed by atoms with Crippen LogP contribution in [0, 0.1) is 13.8 Å². The van der Waals surface area contributed by atoms with E-state index in [1.54, 1.807) is 0 Å². The van der Waals surface area contributed by atoms with E-state index in [0.29, 0.717) is 17.5 Å². The summed E-state index contributed by atoms with van der Waals surface area (Å²) < 4.78 is 0. The van der Waals surface area contributed by atoms with Crippen molar-refractivity contribution in [3.63, 3.8) is 0 Å². The van der Waals surface area contributed by atoms with Crippen molar-refractivity contribution in [2.75, 3.05) is 0 Å². The van der Waals surface area contributed by atoms with Gasteiger partial charge in [-0.3, -0.25) is 0 Å². The number of aromatic nitrogens is 3. The van der Waals surface area contributed by atoms with E-state index < -0.39 is 5.41 Å². The van der Waals surface area contributed by atoms with Crippen LogP contribution in [0.15, 0.2) is 200 Å². The molecular weight excluding hydrogens is 739 g/mol. The Hall–Kier alpha value is -7.23. The fourth-order valence-electron chi connectivity index (χ4n) is 8.92. The number of aryl methyl sites for hydroxylation is 2. The zero-order valence-corrected chi connectivity index (χ0v) is 35.3. The first-order chi connectivity index (χ1) is 30.0. The van der Waals surface area contributed by atoms with Crippen LogP contribution >= 0.6 is 0 Å². The van der Waals surface area contributed by atoms with Gasteiger partial charge in [0, 0.05) is 16.7 Å². The van der Waals surface area contributed by atoms with Crippen molar-refractivity contribution in [2.24, 2.45) is 0 Å². The molecule has 3 nitrogen and oxygen atoms in total. The van der Waals surface area contributed by atoms with E-state index in [2.05, 4.69) is 210 Å². The van der Waals surface area contributed by atoms with Gasteiger partial charge in [0.2, 0.25) is 0 Å². The average molecular weight is 788 g/mol. The van der Waals surface area contributed by atoms with E-state index >= 15 is 0 Å².